The summed E-state index contributed by atoms with van der Waals surface area (Å²) in [6.45, 7) is 3.00. The number of Topliss-reactive ketones (excluding diaryl/α,β-unsaturated/α-hetero) is 1. The van der Waals surface area contributed by atoms with Crippen LogP contribution in [-0.4, -0.2) is 42.2 Å². The first-order valence-corrected chi connectivity index (χ1v) is 9.45. The molecule has 0 saturated heterocycles. The topological polar surface area (TPSA) is 66.9 Å². The van der Waals surface area contributed by atoms with E-state index >= 15 is 0 Å². The molecule has 0 N–H and O–H groups in total. The lowest BCUT2D eigenvalue weighted by Crippen LogP contribution is -2.42. The third kappa shape index (κ3) is 3.50. The first-order valence-electron chi connectivity index (χ1n) is 9.45. The summed E-state index contributed by atoms with van der Waals surface area (Å²) in [6.07, 6.45) is 1.08. The van der Waals surface area contributed by atoms with Crippen LogP contribution in [0, 0.1) is 0 Å². The highest BCUT2D eigenvalue weighted by atomic mass is 16.5. The van der Waals surface area contributed by atoms with Gasteiger partial charge in [0.1, 0.15) is 5.75 Å². The van der Waals surface area contributed by atoms with Gasteiger partial charge in [-0.3, -0.25) is 14.4 Å². The molecule has 144 valence electrons. The number of rotatable bonds is 4. The number of nitrogens with zero attached hydrogens (tertiary/aromatic N) is 2. The number of ketones is 1. The van der Waals surface area contributed by atoms with Crippen molar-refractivity contribution in [1.29, 1.82) is 0 Å². The average Bonchev–Trinajstić information content (AvgIpc) is 2.72. The molecule has 0 aromatic heterocycles. The third-order valence-corrected chi connectivity index (χ3v) is 5.34. The molecule has 6 nitrogen and oxygen atoms in total. The fraction of sp³-hybridized carbons (Fsp3) is 0.318. The number of carbonyl (C=O) groups is 3. The lowest BCUT2D eigenvalue weighted by atomic mass is 10.00. The highest BCUT2D eigenvalue weighted by Gasteiger charge is 2.28. The van der Waals surface area contributed by atoms with Gasteiger partial charge in [0.15, 0.2) is 12.4 Å². The second-order valence-electron chi connectivity index (χ2n) is 7.16. The number of hydrogen-bond acceptors (Lipinski definition) is 4. The van der Waals surface area contributed by atoms with Crippen molar-refractivity contribution >= 4 is 23.3 Å². The van der Waals surface area contributed by atoms with Crippen LogP contribution in [0.15, 0.2) is 42.5 Å². The number of hydrogen-bond donors (Lipinski definition) is 0. The number of ether oxygens (including phenoxy) is 1. The van der Waals surface area contributed by atoms with E-state index in [-0.39, 0.29) is 37.2 Å². The molecular formula is C22H22N2O4. The predicted octanol–water partition coefficient (Wildman–Crippen LogP) is 2.59. The van der Waals surface area contributed by atoms with E-state index in [0.29, 0.717) is 30.1 Å². The van der Waals surface area contributed by atoms with Gasteiger partial charge in [0.25, 0.3) is 5.91 Å². The van der Waals surface area contributed by atoms with E-state index in [4.69, 9.17) is 4.74 Å². The van der Waals surface area contributed by atoms with Crippen LogP contribution in [0.25, 0.3) is 0 Å². The Morgan fingerprint density at radius 2 is 1.89 bits per heavy atom. The third-order valence-electron chi connectivity index (χ3n) is 5.34. The first kappa shape index (κ1) is 18.2. The standard InChI is InChI=1S/C22H22N2O4/c1-15(25)17-6-7-20-19(12-17)24(22(27)14-28-20)11-9-21(26)23-10-8-16-4-2-3-5-18(16)13-23/h2-7,12H,8-11,13-14H2,1H3. The Hall–Kier alpha value is -3.15. The van der Waals surface area contributed by atoms with Gasteiger partial charge in [-0.15, -0.1) is 0 Å². The molecule has 2 heterocycles. The van der Waals surface area contributed by atoms with Gasteiger partial charge in [-0.05, 0) is 42.7 Å². The smallest absolute Gasteiger partial charge is 0.265 e. The zero-order valence-corrected chi connectivity index (χ0v) is 15.8. The van der Waals surface area contributed by atoms with Crippen molar-refractivity contribution < 1.29 is 19.1 Å². The van der Waals surface area contributed by atoms with Gasteiger partial charge >= 0.3 is 0 Å². The van der Waals surface area contributed by atoms with Crippen LogP contribution in [0.3, 0.4) is 0 Å². The van der Waals surface area contributed by atoms with Crippen LogP contribution in [0.2, 0.25) is 0 Å². The summed E-state index contributed by atoms with van der Waals surface area (Å²) in [5.74, 6) is 0.302. The van der Waals surface area contributed by atoms with Crippen LogP contribution in [0.4, 0.5) is 5.69 Å². The Morgan fingerprint density at radius 3 is 2.68 bits per heavy atom. The van der Waals surface area contributed by atoms with E-state index in [1.165, 1.54) is 18.1 Å². The second kappa shape index (κ2) is 7.46. The molecule has 6 heteroatoms. The predicted molar refractivity (Wildman–Crippen MR) is 104 cm³/mol. The molecule has 0 atom stereocenters. The molecule has 2 aromatic carbocycles. The summed E-state index contributed by atoms with van der Waals surface area (Å²) in [5.41, 5.74) is 3.54. The normalized spacial score (nSPS) is 15.5. The lowest BCUT2D eigenvalue weighted by molar-refractivity contribution is -0.132. The van der Waals surface area contributed by atoms with E-state index in [1.807, 2.05) is 17.0 Å². The van der Waals surface area contributed by atoms with Gasteiger partial charge in [0, 0.05) is 31.6 Å². The Bertz CT molecular complexity index is 953. The van der Waals surface area contributed by atoms with Gasteiger partial charge in [-0.25, -0.2) is 0 Å². The molecule has 0 aliphatic carbocycles. The van der Waals surface area contributed by atoms with Crippen LogP contribution in [0.5, 0.6) is 5.75 Å². The molecule has 0 radical (unpaired) electrons. The van der Waals surface area contributed by atoms with Crippen molar-refractivity contribution in [2.75, 3.05) is 24.6 Å². The van der Waals surface area contributed by atoms with E-state index in [0.717, 1.165) is 6.42 Å². The van der Waals surface area contributed by atoms with E-state index in [9.17, 15) is 14.4 Å². The fourth-order valence-electron chi connectivity index (χ4n) is 3.74. The molecule has 0 bridgehead atoms. The van der Waals surface area contributed by atoms with Crippen molar-refractivity contribution in [2.24, 2.45) is 0 Å². The summed E-state index contributed by atoms with van der Waals surface area (Å²) >= 11 is 0. The average molecular weight is 378 g/mol. The molecule has 0 spiro atoms. The fourth-order valence-corrected chi connectivity index (χ4v) is 3.74. The molecule has 2 aromatic rings. The largest absolute Gasteiger partial charge is 0.482 e. The van der Waals surface area contributed by atoms with Crippen LogP contribution >= 0.6 is 0 Å². The minimum absolute atomic E-state index is 0.0260. The maximum atomic E-state index is 12.7. The summed E-state index contributed by atoms with van der Waals surface area (Å²) in [6, 6.07) is 13.2. The first-order chi connectivity index (χ1) is 13.5. The minimum atomic E-state index is -0.204. The number of fused-ring (bicyclic) bond motifs is 2. The zero-order chi connectivity index (χ0) is 19.7. The summed E-state index contributed by atoms with van der Waals surface area (Å²) in [7, 11) is 0. The molecule has 0 unspecified atom stereocenters. The van der Waals surface area contributed by atoms with E-state index in [2.05, 4.69) is 12.1 Å². The Kier molecular flexibility index (Phi) is 4.86. The molecule has 2 amide bonds. The summed E-state index contributed by atoms with van der Waals surface area (Å²) in [4.78, 5) is 40.2. The van der Waals surface area contributed by atoms with Gasteiger partial charge in [-0.2, -0.15) is 0 Å². The van der Waals surface area contributed by atoms with Gasteiger partial charge in [0.05, 0.1) is 5.69 Å². The number of amides is 2. The van der Waals surface area contributed by atoms with Crippen LogP contribution in [0.1, 0.15) is 34.8 Å². The highest BCUT2D eigenvalue weighted by molar-refractivity contribution is 6.01. The summed E-state index contributed by atoms with van der Waals surface area (Å²) in [5, 5.41) is 0. The Morgan fingerprint density at radius 1 is 1.11 bits per heavy atom. The minimum Gasteiger partial charge on any atom is -0.482 e. The van der Waals surface area contributed by atoms with Crippen molar-refractivity contribution in [3.63, 3.8) is 0 Å². The van der Waals surface area contributed by atoms with Gasteiger partial charge in [-0.1, -0.05) is 24.3 Å². The molecule has 2 aliphatic heterocycles. The van der Waals surface area contributed by atoms with Crippen molar-refractivity contribution in [3.8, 4) is 5.75 Å². The molecule has 4 rings (SSSR count). The number of benzene rings is 2. The molecule has 0 saturated carbocycles. The highest BCUT2D eigenvalue weighted by Crippen LogP contribution is 2.33. The molecule has 2 aliphatic rings. The number of anilines is 1. The van der Waals surface area contributed by atoms with Crippen molar-refractivity contribution in [1.82, 2.24) is 4.90 Å². The molecular weight excluding hydrogens is 356 g/mol. The lowest BCUT2D eigenvalue weighted by Gasteiger charge is -2.32. The SMILES string of the molecule is CC(=O)c1ccc2c(c1)N(CCC(=O)N1CCc3ccccc3C1)C(=O)CO2. The van der Waals surface area contributed by atoms with Crippen molar-refractivity contribution in [2.45, 2.75) is 26.3 Å². The van der Waals surface area contributed by atoms with Gasteiger partial charge in [0.2, 0.25) is 5.91 Å². The van der Waals surface area contributed by atoms with E-state index in [1.54, 1.807) is 23.1 Å². The monoisotopic (exact) mass is 378 g/mol. The van der Waals surface area contributed by atoms with Crippen molar-refractivity contribution in [3.05, 3.63) is 59.2 Å². The molecule has 0 fully saturated rings. The maximum absolute atomic E-state index is 12.7. The summed E-state index contributed by atoms with van der Waals surface area (Å²) < 4.78 is 5.47. The number of carbonyl (C=O) groups excluding carboxylic acids is 3. The second-order valence-corrected chi connectivity index (χ2v) is 7.16. The van der Waals surface area contributed by atoms with Crippen LogP contribution in [-0.2, 0) is 22.6 Å². The van der Waals surface area contributed by atoms with Gasteiger partial charge < -0.3 is 14.5 Å². The Balaban J connectivity index is 1.46. The molecule has 28 heavy (non-hydrogen) atoms. The quantitative estimate of drug-likeness (QED) is 0.767. The Labute approximate surface area is 163 Å². The maximum Gasteiger partial charge on any atom is 0.265 e. The van der Waals surface area contributed by atoms with Crippen LogP contribution < -0.4 is 9.64 Å². The van der Waals surface area contributed by atoms with E-state index < -0.39 is 0 Å². The zero-order valence-electron chi connectivity index (χ0n) is 15.8.